The molecule has 0 spiro atoms. The Morgan fingerprint density at radius 2 is 2.07 bits per heavy atom. The second kappa shape index (κ2) is 9.10. The van der Waals surface area contributed by atoms with E-state index in [0.29, 0.717) is 18.4 Å². The zero-order chi connectivity index (χ0) is 19.2. The van der Waals surface area contributed by atoms with Crippen LogP contribution in [0.4, 0.5) is 11.6 Å². The first kappa shape index (κ1) is 19.5. The lowest BCUT2D eigenvalue weighted by atomic mass is 10.1. The van der Waals surface area contributed by atoms with Crippen molar-refractivity contribution in [1.29, 1.82) is 0 Å². The fourth-order valence-electron chi connectivity index (χ4n) is 3.35. The number of nitrogens with zero attached hydrogens (tertiary/aromatic N) is 4. The molecule has 2 N–H and O–H groups in total. The first-order valence-electron chi connectivity index (χ1n) is 9.41. The average Bonchev–Trinajstić information content (AvgIpc) is 2.72. The number of rotatable bonds is 6. The molecule has 1 aromatic carbocycles. The molecule has 0 aliphatic carbocycles. The van der Waals surface area contributed by atoms with Gasteiger partial charge in [0.2, 0.25) is 0 Å². The zero-order valence-electron chi connectivity index (χ0n) is 15.9. The molecule has 2 atom stereocenters. The zero-order valence-corrected chi connectivity index (χ0v) is 16.7. The highest BCUT2D eigenvalue weighted by molar-refractivity contribution is 7.80. The van der Waals surface area contributed by atoms with E-state index in [1.54, 1.807) is 6.33 Å². The Bertz CT molecular complexity index is 757. The minimum Gasteiger partial charge on any atom is -0.387 e. The predicted molar refractivity (Wildman–Crippen MR) is 113 cm³/mol. The minimum atomic E-state index is -0.580. The van der Waals surface area contributed by atoms with Crippen LogP contribution >= 0.6 is 12.2 Å². The molecular weight excluding hydrogens is 358 g/mol. The molecule has 7 heteroatoms. The summed E-state index contributed by atoms with van der Waals surface area (Å²) in [7, 11) is 0. The normalized spacial score (nSPS) is 18.3. The van der Waals surface area contributed by atoms with Crippen molar-refractivity contribution in [2.75, 3.05) is 36.4 Å². The maximum absolute atomic E-state index is 10.3. The van der Waals surface area contributed by atoms with Crippen molar-refractivity contribution in [2.45, 2.75) is 32.4 Å². The highest BCUT2D eigenvalue weighted by atomic mass is 32.1. The van der Waals surface area contributed by atoms with Gasteiger partial charge >= 0.3 is 0 Å². The first-order chi connectivity index (χ1) is 13.1. The Kier molecular flexibility index (Phi) is 6.58. The molecule has 2 heterocycles. The van der Waals surface area contributed by atoms with Crippen LogP contribution in [0.15, 0.2) is 42.7 Å². The molecule has 0 bridgehead atoms. The third-order valence-corrected chi connectivity index (χ3v) is 5.41. The van der Waals surface area contributed by atoms with Gasteiger partial charge < -0.3 is 20.2 Å². The summed E-state index contributed by atoms with van der Waals surface area (Å²) in [4.78, 5) is 14.3. The average molecular weight is 386 g/mol. The summed E-state index contributed by atoms with van der Waals surface area (Å²) in [6, 6.07) is 11.9. The maximum Gasteiger partial charge on any atom is 0.134 e. The van der Waals surface area contributed by atoms with Crippen molar-refractivity contribution in [3.63, 3.8) is 0 Å². The van der Waals surface area contributed by atoms with Gasteiger partial charge in [-0.25, -0.2) is 9.97 Å². The predicted octanol–water partition coefficient (Wildman–Crippen LogP) is 2.87. The van der Waals surface area contributed by atoms with Crippen LogP contribution in [0.3, 0.4) is 0 Å². The minimum absolute atomic E-state index is 0.359. The quantitative estimate of drug-likeness (QED) is 0.741. The molecule has 3 rings (SSSR count). The largest absolute Gasteiger partial charge is 0.387 e. The van der Waals surface area contributed by atoms with Crippen LogP contribution in [0, 0.1) is 0 Å². The van der Waals surface area contributed by atoms with Gasteiger partial charge in [-0.3, -0.25) is 0 Å². The Balaban J connectivity index is 1.60. The topological polar surface area (TPSA) is 64.5 Å². The fourth-order valence-corrected chi connectivity index (χ4v) is 3.62. The summed E-state index contributed by atoms with van der Waals surface area (Å²) in [5, 5.41) is 13.5. The van der Waals surface area contributed by atoms with Gasteiger partial charge in [-0.15, -0.1) is 0 Å². The van der Waals surface area contributed by atoms with Crippen LogP contribution in [0.2, 0.25) is 0 Å². The number of aliphatic hydroxyl groups is 1. The first-order valence-corrected chi connectivity index (χ1v) is 9.82. The van der Waals surface area contributed by atoms with E-state index in [1.165, 1.54) is 0 Å². The number of nitrogens with one attached hydrogen (secondary N) is 1. The van der Waals surface area contributed by atoms with E-state index in [2.05, 4.69) is 38.9 Å². The highest BCUT2D eigenvalue weighted by Gasteiger charge is 2.25. The van der Waals surface area contributed by atoms with Crippen LogP contribution in [0.1, 0.15) is 31.9 Å². The van der Waals surface area contributed by atoms with E-state index in [-0.39, 0.29) is 0 Å². The molecule has 1 fully saturated rings. The van der Waals surface area contributed by atoms with E-state index < -0.39 is 6.10 Å². The maximum atomic E-state index is 10.3. The van der Waals surface area contributed by atoms with Gasteiger partial charge in [-0.2, -0.15) is 0 Å². The number of thiocarbonyl (C=S) groups is 1. The van der Waals surface area contributed by atoms with Crippen LogP contribution < -0.4 is 10.2 Å². The molecule has 2 aromatic rings. The molecule has 0 amide bonds. The van der Waals surface area contributed by atoms with E-state index in [4.69, 9.17) is 12.2 Å². The number of hydrogen-bond donors (Lipinski definition) is 2. The third kappa shape index (κ3) is 4.93. The molecule has 27 heavy (non-hydrogen) atoms. The number of anilines is 2. The van der Waals surface area contributed by atoms with E-state index in [1.807, 2.05) is 36.4 Å². The van der Waals surface area contributed by atoms with Crippen molar-refractivity contribution in [1.82, 2.24) is 14.9 Å². The van der Waals surface area contributed by atoms with Crippen LogP contribution in [-0.2, 0) is 0 Å². The molecule has 1 aromatic heterocycles. The lowest BCUT2D eigenvalue weighted by Crippen LogP contribution is -2.53. The Hall–Kier alpha value is -2.25. The lowest BCUT2D eigenvalue weighted by Gasteiger charge is -2.41. The van der Waals surface area contributed by atoms with Crippen molar-refractivity contribution in [2.24, 2.45) is 0 Å². The third-order valence-electron chi connectivity index (χ3n) is 4.89. The molecule has 1 unspecified atom stereocenters. The summed E-state index contributed by atoms with van der Waals surface area (Å²) in [5.41, 5.74) is 0.885. The monoisotopic (exact) mass is 385 g/mol. The van der Waals surface area contributed by atoms with Gasteiger partial charge in [0, 0.05) is 38.3 Å². The lowest BCUT2D eigenvalue weighted by molar-refractivity contribution is 0.191. The summed E-state index contributed by atoms with van der Waals surface area (Å²) >= 11 is 5.48. The summed E-state index contributed by atoms with van der Waals surface area (Å²) in [6.07, 6.45) is 1.90. The van der Waals surface area contributed by atoms with Crippen LogP contribution in [0.5, 0.6) is 0 Å². The molecule has 144 valence electrons. The van der Waals surface area contributed by atoms with Crippen molar-refractivity contribution in [3.05, 3.63) is 48.3 Å². The van der Waals surface area contributed by atoms with Crippen molar-refractivity contribution >= 4 is 28.8 Å². The molecule has 1 aliphatic heterocycles. The van der Waals surface area contributed by atoms with Crippen molar-refractivity contribution < 1.29 is 5.11 Å². The summed E-state index contributed by atoms with van der Waals surface area (Å²) in [6.45, 7) is 7.37. The summed E-state index contributed by atoms with van der Waals surface area (Å²) in [5.74, 6) is 1.62. The van der Waals surface area contributed by atoms with Gasteiger partial charge in [-0.05, 0) is 18.9 Å². The second-order valence-electron chi connectivity index (χ2n) is 6.80. The smallest absolute Gasteiger partial charge is 0.134 e. The van der Waals surface area contributed by atoms with Gasteiger partial charge in [0.1, 0.15) is 18.0 Å². The van der Waals surface area contributed by atoms with E-state index in [0.717, 1.165) is 42.4 Å². The number of hydrogen-bond acceptors (Lipinski definition) is 6. The van der Waals surface area contributed by atoms with E-state index in [9.17, 15) is 5.11 Å². The molecular formula is C20H27N5OS. The molecule has 0 radical (unpaired) electrons. The molecule has 1 saturated heterocycles. The van der Waals surface area contributed by atoms with E-state index >= 15 is 0 Å². The SMILES string of the molecule is CCC(=S)N1CCN(c2cc(NCC(O)c3ccccc3)ncn2)C[C@@H]1C. The Morgan fingerprint density at radius 1 is 1.30 bits per heavy atom. The van der Waals surface area contributed by atoms with Gasteiger partial charge in [-0.1, -0.05) is 49.5 Å². The van der Waals surface area contributed by atoms with Gasteiger partial charge in [0.05, 0.1) is 11.1 Å². The Labute approximate surface area is 166 Å². The molecule has 6 nitrogen and oxygen atoms in total. The van der Waals surface area contributed by atoms with Crippen LogP contribution in [0.25, 0.3) is 0 Å². The number of piperazine rings is 1. The van der Waals surface area contributed by atoms with Crippen LogP contribution in [-0.4, -0.2) is 57.2 Å². The fraction of sp³-hybridized carbons (Fsp3) is 0.450. The molecule has 0 saturated carbocycles. The number of aliphatic hydroxyl groups excluding tert-OH is 1. The molecule has 1 aliphatic rings. The van der Waals surface area contributed by atoms with Gasteiger partial charge in [0.15, 0.2) is 0 Å². The summed E-state index contributed by atoms with van der Waals surface area (Å²) < 4.78 is 0. The highest BCUT2D eigenvalue weighted by Crippen LogP contribution is 2.20. The van der Waals surface area contributed by atoms with Crippen molar-refractivity contribution in [3.8, 4) is 0 Å². The standard InChI is InChI=1S/C20H27N5OS/c1-3-20(27)25-10-9-24(13-15(25)2)19-11-18(22-14-23-19)21-12-17(26)16-7-5-4-6-8-16/h4-8,11,14-15,17,26H,3,9-10,12-13H2,1-2H3,(H,21,22,23)/t15-,17?/m0/s1. The number of benzene rings is 1. The van der Waals surface area contributed by atoms with Gasteiger partial charge in [0.25, 0.3) is 0 Å². The number of aromatic nitrogens is 2. The Morgan fingerprint density at radius 3 is 2.78 bits per heavy atom. The second-order valence-corrected chi connectivity index (χ2v) is 7.28.